The molecule has 2 aromatic carbocycles. The van der Waals surface area contributed by atoms with Gasteiger partial charge in [-0.1, -0.05) is 23.7 Å². The minimum atomic E-state index is -1.05. The fourth-order valence-corrected chi connectivity index (χ4v) is 3.33. The molecule has 0 spiro atoms. The van der Waals surface area contributed by atoms with Gasteiger partial charge in [-0.25, -0.2) is 4.98 Å². The van der Waals surface area contributed by atoms with Crippen LogP contribution in [0.1, 0.15) is 34.7 Å². The second kappa shape index (κ2) is 8.10. The van der Waals surface area contributed by atoms with Crippen molar-refractivity contribution < 1.29 is 14.0 Å². The van der Waals surface area contributed by atoms with Crippen LogP contribution in [-0.2, 0) is 11.2 Å². The third-order valence-electron chi connectivity index (χ3n) is 4.99. The van der Waals surface area contributed by atoms with Crippen LogP contribution in [0.3, 0.4) is 0 Å². The quantitative estimate of drug-likeness (QED) is 0.614. The second-order valence-corrected chi connectivity index (χ2v) is 7.73. The van der Waals surface area contributed by atoms with Gasteiger partial charge in [0.25, 0.3) is 5.91 Å². The third kappa shape index (κ3) is 4.35. The fraction of sp³-hybridized carbons (Fsp3) is 0.227. The summed E-state index contributed by atoms with van der Waals surface area (Å²) in [6.07, 6.45) is 1.05. The summed E-state index contributed by atoms with van der Waals surface area (Å²) >= 11 is 5.96. The summed E-state index contributed by atoms with van der Waals surface area (Å²) in [7, 11) is 0. The van der Waals surface area contributed by atoms with Gasteiger partial charge >= 0.3 is 0 Å². The lowest BCUT2D eigenvalue weighted by Crippen LogP contribution is -2.51. The molecule has 1 aromatic heterocycles. The van der Waals surface area contributed by atoms with E-state index in [9.17, 15) is 20.1 Å². The van der Waals surface area contributed by atoms with E-state index in [4.69, 9.17) is 16.0 Å². The molecule has 0 saturated heterocycles. The topological polar surface area (TPSA) is 132 Å². The number of carbonyl (C=O) groups excluding carboxylic acids is 2. The Balaban J connectivity index is 1.60. The number of oxazole rings is 1. The van der Waals surface area contributed by atoms with Gasteiger partial charge in [-0.2, -0.15) is 10.5 Å². The van der Waals surface area contributed by atoms with Crippen molar-refractivity contribution in [2.75, 3.05) is 0 Å². The number of hydrogen-bond donors (Lipinski definition) is 2. The number of carbonyl (C=O) groups is 2. The number of nitriles is 2. The van der Waals surface area contributed by atoms with Gasteiger partial charge < -0.3 is 15.1 Å². The van der Waals surface area contributed by atoms with Crippen molar-refractivity contribution in [3.63, 3.8) is 0 Å². The first-order valence-electron chi connectivity index (χ1n) is 9.51. The zero-order valence-electron chi connectivity index (χ0n) is 16.2. The van der Waals surface area contributed by atoms with Crippen LogP contribution in [0, 0.1) is 22.7 Å². The molecule has 4 rings (SSSR count). The first-order valence-corrected chi connectivity index (χ1v) is 9.89. The van der Waals surface area contributed by atoms with Gasteiger partial charge in [0.05, 0.1) is 18.1 Å². The number of nitrogens with one attached hydrogen (secondary N) is 2. The molecule has 3 aromatic rings. The van der Waals surface area contributed by atoms with E-state index in [0.717, 1.165) is 0 Å². The molecule has 0 unspecified atom stereocenters. The largest absolute Gasteiger partial charge is 0.439 e. The van der Waals surface area contributed by atoms with Crippen molar-refractivity contribution >= 4 is 34.5 Å². The smallest absolute Gasteiger partial charge is 0.251 e. The van der Waals surface area contributed by atoms with Gasteiger partial charge in [0, 0.05) is 10.6 Å². The van der Waals surface area contributed by atoms with Crippen LogP contribution in [0.25, 0.3) is 11.1 Å². The van der Waals surface area contributed by atoms with Crippen molar-refractivity contribution in [2.45, 2.75) is 30.8 Å². The lowest BCUT2D eigenvalue weighted by Gasteiger charge is -2.19. The van der Waals surface area contributed by atoms with E-state index < -0.39 is 23.4 Å². The van der Waals surface area contributed by atoms with E-state index in [1.807, 2.05) is 6.07 Å². The Hall–Kier alpha value is -3.88. The number of hydrogen-bond acceptors (Lipinski definition) is 6. The predicted octanol–water partition coefficient (Wildman–Crippen LogP) is 2.87. The molecule has 0 radical (unpaired) electrons. The molecule has 1 aliphatic carbocycles. The highest BCUT2D eigenvalue weighted by atomic mass is 35.5. The second-order valence-electron chi connectivity index (χ2n) is 7.30. The van der Waals surface area contributed by atoms with Gasteiger partial charge in [-0.3, -0.25) is 9.59 Å². The van der Waals surface area contributed by atoms with Gasteiger partial charge in [0.1, 0.15) is 23.2 Å². The van der Waals surface area contributed by atoms with Crippen LogP contribution in [0.2, 0.25) is 5.02 Å². The van der Waals surface area contributed by atoms with E-state index >= 15 is 0 Å². The zero-order valence-corrected chi connectivity index (χ0v) is 16.9. The average molecular weight is 434 g/mol. The van der Waals surface area contributed by atoms with Gasteiger partial charge in [0.2, 0.25) is 5.91 Å². The summed E-state index contributed by atoms with van der Waals surface area (Å²) in [6, 6.07) is 14.4. The lowest BCUT2D eigenvalue weighted by molar-refractivity contribution is -0.123. The molecule has 1 saturated carbocycles. The maximum Gasteiger partial charge on any atom is 0.251 e. The minimum Gasteiger partial charge on any atom is -0.439 e. The first kappa shape index (κ1) is 20.4. The molecule has 0 aliphatic heterocycles. The Morgan fingerprint density at radius 2 is 2.00 bits per heavy atom. The minimum absolute atomic E-state index is 0.0564. The van der Waals surface area contributed by atoms with Gasteiger partial charge in [0.15, 0.2) is 11.5 Å². The maximum absolute atomic E-state index is 12.9. The number of fused-ring (bicyclic) bond motifs is 1. The zero-order chi connectivity index (χ0) is 22.0. The van der Waals surface area contributed by atoms with Crippen molar-refractivity contribution in [1.29, 1.82) is 10.5 Å². The molecule has 2 amide bonds. The van der Waals surface area contributed by atoms with Crippen LogP contribution in [-0.4, -0.2) is 28.4 Å². The summed E-state index contributed by atoms with van der Waals surface area (Å²) < 4.78 is 5.70. The maximum atomic E-state index is 12.9. The highest BCUT2D eigenvalue weighted by Gasteiger charge is 2.45. The number of halogens is 1. The van der Waals surface area contributed by atoms with Crippen LogP contribution < -0.4 is 10.6 Å². The number of rotatable bonds is 6. The summed E-state index contributed by atoms with van der Waals surface area (Å²) in [5.41, 5.74) is 0.504. The molecule has 31 heavy (non-hydrogen) atoms. The first-order chi connectivity index (χ1) is 14.9. The van der Waals surface area contributed by atoms with E-state index in [2.05, 4.69) is 21.7 Å². The normalized spacial score (nSPS) is 14.8. The fourth-order valence-electron chi connectivity index (χ4n) is 3.14. The summed E-state index contributed by atoms with van der Waals surface area (Å²) in [4.78, 5) is 30.0. The SMILES string of the molecule is N#Cc1cccc2nc(C[C@H](NC(=O)c3cccc(Cl)c3)C(=O)NC3(C#N)CC3)oc12. The van der Waals surface area contributed by atoms with Crippen molar-refractivity contribution in [3.05, 3.63) is 64.5 Å². The van der Waals surface area contributed by atoms with Gasteiger partial charge in [-0.15, -0.1) is 0 Å². The standard InChI is InChI=1S/C22H16ClN5O3/c23-15-5-1-3-13(9-15)20(29)27-17(21(30)28-22(12-25)7-8-22)10-18-26-16-6-2-4-14(11-24)19(16)31-18/h1-6,9,17H,7-8,10H2,(H,27,29)(H,28,30)/t17-/m0/s1. The molecule has 2 N–H and O–H groups in total. The van der Waals surface area contributed by atoms with Crippen LogP contribution in [0.4, 0.5) is 0 Å². The van der Waals surface area contributed by atoms with Crippen LogP contribution in [0.15, 0.2) is 46.9 Å². The molecule has 1 atom stereocenters. The molecule has 1 heterocycles. The Morgan fingerprint density at radius 3 is 2.68 bits per heavy atom. The number of aromatic nitrogens is 1. The average Bonchev–Trinajstić information content (AvgIpc) is 3.41. The molecule has 154 valence electrons. The molecule has 0 bridgehead atoms. The number of nitrogens with zero attached hydrogens (tertiary/aromatic N) is 3. The Labute approximate surface area is 182 Å². The summed E-state index contributed by atoms with van der Waals surface area (Å²) in [5, 5.41) is 24.3. The van der Waals surface area contributed by atoms with E-state index in [0.29, 0.717) is 34.5 Å². The lowest BCUT2D eigenvalue weighted by atomic mass is 10.1. The van der Waals surface area contributed by atoms with E-state index in [1.165, 1.54) is 6.07 Å². The van der Waals surface area contributed by atoms with Gasteiger partial charge in [-0.05, 0) is 43.2 Å². The van der Waals surface area contributed by atoms with Crippen molar-refractivity contribution in [1.82, 2.24) is 15.6 Å². The highest BCUT2D eigenvalue weighted by Crippen LogP contribution is 2.34. The van der Waals surface area contributed by atoms with Crippen molar-refractivity contribution in [2.24, 2.45) is 0 Å². The Kier molecular flexibility index (Phi) is 5.33. The molecule has 9 heteroatoms. The third-order valence-corrected chi connectivity index (χ3v) is 5.23. The highest BCUT2D eigenvalue weighted by molar-refractivity contribution is 6.31. The van der Waals surface area contributed by atoms with Crippen LogP contribution in [0.5, 0.6) is 0 Å². The molecular weight excluding hydrogens is 418 g/mol. The van der Waals surface area contributed by atoms with Crippen LogP contribution >= 0.6 is 11.6 Å². The molecule has 1 fully saturated rings. The monoisotopic (exact) mass is 433 g/mol. The Morgan fingerprint density at radius 1 is 1.23 bits per heavy atom. The predicted molar refractivity (Wildman–Crippen MR) is 111 cm³/mol. The van der Waals surface area contributed by atoms with Crippen molar-refractivity contribution in [3.8, 4) is 12.1 Å². The molecule has 8 nitrogen and oxygen atoms in total. The summed E-state index contributed by atoms with van der Waals surface area (Å²) in [6.45, 7) is 0. The van der Waals surface area contributed by atoms with E-state index in [1.54, 1.807) is 36.4 Å². The van der Waals surface area contributed by atoms with E-state index in [-0.39, 0.29) is 17.9 Å². The number of para-hydroxylation sites is 1. The summed E-state index contributed by atoms with van der Waals surface area (Å²) in [5.74, 6) is -0.832. The Bertz CT molecular complexity index is 1270. The number of amides is 2. The molecule has 1 aliphatic rings. The molecular formula is C22H16ClN5O3. The number of benzene rings is 2.